The summed E-state index contributed by atoms with van der Waals surface area (Å²) in [4.78, 5) is 48.8. The zero-order chi connectivity index (χ0) is 21.0. The molecule has 0 aromatic heterocycles. The fraction of sp³-hybridized carbons (Fsp3) is 0.100. The van der Waals surface area contributed by atoms with Gasteiger partial charge in [0.15, 0.2) is 0 Å². The van der Waals surface area contributed by atoms with Crippen LogP contribution in [0.25, 0.3) is 6.08 Å². The number of carboxylic acid groups (broad SMARTS) is 1. The first-order valence-corrected chi connectivity index (χ1v) is 8.38. The number of imide groups is 2. The highest BCUT2D eigenvalue weighted by Gasteiger charge is 2.36. The van der Waals surface area contributed by atoms with Crippen LogP contribution in [0.3, 0.4) is 0 Å². The minimum Gasteiger partial charge on any atom is -0.546 e. The number of barbiturate groups is 1. The first-order chi connectivity index (χ1) is 13.9. The lowest BCUT2D eigenvalue weighted by atomic mass is 10.1. The molecule has 2 aromatic rings. The van der Waals surface area contributed by atoms with E-state index in [9.17, 15) is 24.3 Å². The topological polar surface area (TPSA) is 125 Å². The average Bonchev–Trinajstić information content (AvgIpc) is 2.70. The van der Waals surface area contributed by atoms with Crippen molar-refractivity contribution in [2.24, 2.45) is 0 Å². The zero-order valence-corrected chi connectivity index (χ0v) is 15.2. The van der Waals surface area contributed by atoms with Crippen molar-refractivity contribution in [3.05, 3.63) is 59.7 Å². The molecule has 1 aliphatic heterocycles. The number of methoxy groups -OCH3 is 1. The first-order valence-electron chi connectivity index (χ1n) is 8.38. The summed E-state index contributed by atoms with van der Waals surface area (Å²) >= 11 is 0. The van der Waals surface area contributed by atoms with E-state index in [1.54, 1.807) is 24.3 Å². The molecule has 1 saturated heterocycles. The van der Waals surface area contributed by atoms with Gasteiger partial charge in [-0.1, -0.05) is 18.2 Å². The summed E-state index contributed by atoms with van der Waals surface area (Å²) in [5.74, 6) is -2.46. The Morgan fingerprint density at radius 2 is 1.79 bits per heavy atom. The fourth-order valence-corrected chi connectivity index (χ4v) is 2.65. The predicted molar refractivity (Wildman–Crippen MR) is 98.9 cm³/mol. The summed E-state index contributed by atoms with van der Waals surface area (Å²) in [6.07, 6.45) is 1.23. The van der Waals surface area contributed by atoms with E-state index in [1.807, 2.05) is 0 Å². The van der Waals surface area contributed by atoms with Crippen LogP contribution in [0.5, 0.6) is 11.5 Å². The van der Waals surface area contributed by atoms with Crippen molar-refractivity contribution in [1.82, 2.24) is 5.32 Å². The molecule has 1 N–H and O–H groups in total. The van der Waals surface area contributed by atoms with Crippen LogP contribution in [0.4, 0.5) is 10.5 Å². The molecule has 1 fully saturated rings. The summed E-state index contributed by atoms with van der Waals surface area (Å²) in [6.45, 7) is -0.698. The number of nitrogens with one attached hydrogen (secondary N) is 1. The Morgan fingerprint density at radius 3 is 2.45 bits per heavy atom. The third-order valence-electron chi connectivity index (χ3n) is 4.00. The van der Waals surface area contributed by atoms with E-state index in [2.05, 4.69) is 5.32 Å². The van der Waals surface area contributed by atoms with E-state index in [4.69, 9.17) is 9.47 Å². The summed E-state index contributed by atoms with van der Waals surface area (Å²) in [5.41, 5.74) is 0.217. The number of benzene rings is 2. The number of urea groups is 1. The minimum atomic E-state index is -1.42. The SMILES string of the molecule is COc1ccc(N2C(=O)NC(=O)/C(=C/c3ccccc3OCC(=O)[O-])C2=O)cc1. The molecule has 9 nitrogen and oxygen atoms in total. The number of amides is 4. The molecular weight excluding hydrogens is 380 g/mol. The van der Waals surface area contributed by atoms with Gasteiger partial charge in [-0.05, 0) is 36.4 Å². The molecule has 2 aromatic carbocycles. The number of ether oxygens (including phenoxy) is 2. The van der Waals surface area contributed by atoms with Crippen LogP contribution in [-0.4, -0.2) is 37.5 Å². The number of anilines is 1. The molecule has 0 unspecified atom stereocenters. The predicted octanol–water partition coefficient (Wildman–Crippen LogP) is 0.490. The Morgan fingerprint density at radius 1 is 1.10 bits per heavy atom. The van der Waals surface area contributed by atoms with Crippen LogP contribution in [0.1, 0.15) is 5.56 Å². The van der Waals surface area contributed by atoms with Crippen molar-refractivity contribution < 1.29 is 33.8 Å². The third-order valence-corrected chi connectivity index (χ3v) is 4.00. The fourth-order valence-electron chi connectivity index (χ4n) is 2.65. The quantitative estimate of drug-likeness (QED) is 0.557. The number of carbonyl (C=O) groups is 4. The Hall–Kier alpha value is -4.14. The van der Waals surface area contributed by atoms with Gasteiger partial charge in [-0.15, -0.1) is 0 Å². The molecule has 1 aliphatic rings. The lowest BCUT2D eigenvalue weighted by Gasteiger charge is -2.26. The lowest BCUT2D eigenvalue weighted by molar-refractivity contribution is -0.307. The molecule has 0 aliphatic carbocycles. The molecule has 1 heterocycles. The average molecular weight is 395 g/mol. The van der Waals surface area contributed by atoms with Gasteiger partial charge >= 0.3 is 6.03 Å². The van der Waals surface area contributed by atoms with Crippen molar-refractivity contribution >= 4 is 35.6 Å². The molecule has 29 heavy (non-hydrogen) atoms. The largest absolute Gasteiger partial charge is 0.546 e. The van der Waals surface area contributed by atoms with Crippen LogP contribution in [0, 0.1) is 0 Å². The second kappa shape index (κ2) is 8.26. The molecule has 0 saturated carbocycles. The number of hydrogen-bond donors (Lipinski definition) is 1. The van der Waals surface area contributed by atoms with Gasteiger partial charge in [0.2, 0.25) is 0 Å². The number of para-hydroxylation sites is 1. The van der Waals surface area contributed by atoms with Crippen LogP contribution in [-0.2, 0) is 14.4 Å². The van der Waals surface area contributed by atoms with Crippen molar-refractivity contribution in [1.29, 1.82) is 0 Å². The molecule has 0 radical (unpaired) electrons. The summed E-state index contributed by atoms with van der Waals surface area (Å²) in [7, 11) is 1.48. The van der Waals surface area contributed by atoms with E-state index < -0.39 is 30.4 Å². The minimum absolute atomic E-state index is 0.137. The molecule has 148 valence electrons. The van der Waals surface area contributed by atoms with Gasteiger partial charge in [0.1, 0.15) is 23.7 Å². The van der Waals surface area contributed by atoms with Crippen molar-refractivity contribution in [3.63, 3.8) is 0 Å². The standard InChI is InChI=1S/C20H16N2O7/c1-28-14-8-6-13(7-9-14)22-19(26)15(18(25)21-20(22)27)10-12-4-2-3-5-16(12)29-11-17(23)24/h2-10H,11H2,1H3,(H,23,24)(H,21,25,27)/p-1/b15-10-. The van der Waals surface area contributed by atoms with Gasteiger partial charge in [0, 0.05) is 5.56 Å². The number of carbonyl (C=O) groups excluding carboxylic acids is 4. The van der Waals surface area contributed by atoms with Gasteiger partial charge < -0.3 is 19.4 Å². The highest BCUT2D eigenvalue weighted by atomic mass is 16.5. The highest BCUT2D eigenvalue weighted by molar-refractivity contribution is 6.39. The van der Waals surface area contributed by atoms with Crippen LogP contribution in [0.2, 0.25) is 0 Å². The smallest absolute Gasteiger partial charge is 0.335 e. The van der Waals surface area contributed by atoms with Crippen LogP contribution < -0.4 is 24.8 Å². The molecule has 3 rings (SSSR count). The van der Waals surface area contributed by atoms with E-state index in [-0.39, 0.29) is 22.6 Å². The Labute approximate surface area is 165 Å². The summed E-state index contributed by atoms with van der Waals surface area (Å²) in [6, 6.07) is 11.5. The number of aliphatic carboxylic acids is 1. The Bertz CT molecular complexity index is 1010. The second-order valence-corrected chi connectivity index (χ2v) is 5.85. The number of carboxylic acids is 1. The van der Waals surface area contributed by atoms with Crippen LogP contribution >= 0.6 is 0 Å². The van der Waals surface area contributed by atoms with E-state index in [0.717, 1.165) is 4.90 Å². The van der Waals surface area contributed by atoms with Gasteiger partial charge in [0.05, 0.1) is 18.8 Å². The van der Waals surface area contributed by atoms with E-state index in [1.165, 1.54) is 37.5 Å². The van der Waals surface area contributed by atoms with Gasteiger partial charge in [-0.2, -0.15) is 0 Å². The highest BCUT2D eigenvalue weighted by Crippen LogP contribution is 2.26. The maximum atomic E-state index is 12.9. The lowest BCUT2D eigenvalue weighted by Crippen LogP contribution is -2.54. The third kappa shape index (κ3) is 4.24. The molecule has 0 spiro atoms. The second-order valence-electron chi connectivity index (χ2n) is 5.85. The van der Waals surface area contributed by atoms with Gasteiger partial charge in [-0.3, -0.25) is 14.9 Å². The maximum Gasteiger partial charge on any atom is 0.335 e. The summed E-state index contributed by atoms with van der Waals surface area (Å²) in [5, 5.41) is 12.7. The monoisotopic (exact) mass is 395 g/mol. The number of hydrogen-bond acceptors (Lipinski definition) is 7. The Balaban J connectivity index is 1.96. The molecule has 9 heteroatoms. The van der Waals surface area contributed by atoms with Crippen molar-refractivity contribution in [3.8, 4) is 11.5 Å². The van der Waals surface area contributed by atoms with Crippen molar-refractivity contribution in [2.45, 2.75) is 0 Å². The molecule has 0 atom stereocenters. The van der Waals surface area contributed by atoms with Crippen LogP contribution in [0.15, 0.2) is 54.1 Å². The summed E-state index contributed by atoms with van der Waals surface area (Å²) < 4.78 is 10.2. The van der Waals surface area contributed by atoms with Crippen molar-refractivity contribution in [2.75, 3.05) is 18.6 Å². The number of nitrogens with zero attached hydrogens (tertiary/aromatic N) is 1. The molecular formula is C20H15N2O7-. The number of rotatable bonds is 6. The Kier molecular flexibility index (Phi) is 5.59. The van der Waals surface area contributed by atoms with E-state index in [0.29, 0.717) is 5.75 Å². The molecule has 0 bridgehead atoms. The first kappa shape index (κ1) is 19.6. The van der Waals surface area contributed by atoms with Gasteiger partial charge in [-0.25, -0.2) is 9.69 Å². The zero-order valence-electron chi connectivity index (χ0n) is 15.2. The van der Waals surface area contributed by atoms with Gasteiger partial charge in [0.25, 0.3) is 11.8 Å². The molecule has 4 amide bonds. The van der Waals surface area contributed by atoms with E-state index >= 15 is 0 Å². The maximum absolute atomic E-state index is 12.9. The normalized spacial score (nSPS) is 15.3.